The Kier molecular flexibility index (Phi) is 3.66. The first-order valence-corrected chi connectivity index (χ1v) is 7.49. The summed E-state index contributed by atoms with van der Waals surface area (Å²) in [5, 5.41) is 7.64. The highest BCUT2D eigenvalue weighted by Crippen LogP contribution is 2.12. The van der Waals surface area contributed by atoms with Crippen LogP contribution in [0.25, 0.3) is 11.0 Å². The minimum Gasteiger partial charge on any atom is -0.404 e. The van der Waals surface area contributed by atoms with Gasteiger partial charge in [0.25, 0.3) is 0 Å². The molecular formula is C12H13N5O2S. The smallest absolute Gasteiger partial charge is 0.192 e. The highest BCUT2D eigenvalue weighted by atomic mass is 32.2. The van der Waals surface area contributed by atoms with Gasteiger partial charge in [0.1, 0.15) is 10.5 Å². The van der Waals surface area contributed by atoms with Crippen LogP contribution in [0.2, 0.25) is 0 Å². The van der Waals surface area contributed by atoms with Crippen molar-refractivity contribution < 1.29 is 8.42 Å². The minimum atomic E-state index is -3.48. The van der Waals surface area contributed by atoms with Gasteiger partial charge in [-0.3, -0.25) is 0 Å². The molecule has 0 aliphatic heterocycles. The molecule has 0 aliphatic carbocycles. The Bertz CT molecular complexity index is 817. The van der Waals surface area contributed by atoms with E-state index in [0.717, 1.165) is 6.26 Å². The van der Waals surface area contributed by atoms with E-state index in [-0.39, 0.29) is 10.9 Å². The Labute approximate surface area is 116 Å². The fraction of sp³-hybridized carbons (Fsp3) is 0.0833. The molecule has 1 heterocycles. The van der Waals surface area contributed by atoms with Gasteiger partial charge in [-0.2, -0.15) is 4.68 Å². The fourth-order valence-electron chi connectivity index (χ4n) is 1.49. The van der Waals surface area contributed by atoms with Crippen LogP contribution in [0.4, 0.5) is 0 Å². The van der Waals surface area contributed by atoms with Crippen molar-refractivity contribution in [2.24, 2.45) is 10.7 Å². The summed E-state index contributed by atoms with van der Waals surface area (Å²) in [6, 6.07) is 7.22. The fourth-order valence-corrected chi connectivity index (χ4v) is 1.75. The van der Waals surface area contributed by atoms with Gasteiger partial charge in [0.05, 0.1) is 5.52 Å². The topological polar surface area (TPSA) is 103 Å². The molecule has 7 nitrogen and oxygen atoms in total. The van der Waals surface area contributed by atoms with Crippen LogP contribution in [0.3, 0.4) is 0 Å². The van der Waals surface area contributed by atoms with Crippen molar-refractivity contribution in [1.29, 1.82) is 0 Å². The van der Waals surface area contributed by atoms with Gasteiger partial charge in [-0.25, -0.2) is 13.4 Å². The monoisotopic (exact) mass is 291 g/mol. The van der Waals surface area contributed by atoms with Crippen LogP contribution in [-0.4, -0.2) is 35.5 Å². The quantitative estimate of drug-likeness (QED) is 0.661. The second-order valence-corrected chi connectivity index (χ2v) is 6.00. The molecule has 8 heteroatoms. The predicted octanol–water partition coefficient (Wildman–Crippen LogP) is 0.666. The van der Waals surface area contributed by atoms with E-state index in [2.05, 4.69) is 21.9 Å². The SMILES string of the molecule is C=C(/N=C(\C=C/N)n1nnc2ccccc21)S(C)(=O)=O. The lowest BCUT2D eigenvalue weighted by atomic mass is 10.3. The molecule has 1 aromatic heterocycles. The molecule has 0 spiro atoms. The third kappa shape index (κ3) is 2.75. The van der Waals surface area contributed by atoms with Gasteiger partial charge >= 0.3 is 0 Å². The van der Waals surface area contributed by atoms with Crippen molar-refractivity contribution in [2.45, 2.75) is 0 Å². The molecule has 0 radical (unpaired) electrons. The number of nitrogens with two attached hydrogens (primary N) is 1. The summed E-state index contributed by atoms with van der Waals surface area (Å²) in [6.07, 6.45) is 3.70. The molecule has 1 aromatic carbocycles. The molecule has 104 valence electrons. The molecule has 0 bridgehead atoms. The average molecular weight is 291 g/mol. The lowest BCUT2D eigenvalue weighted by Gasteiger charge is -2.03. The van der Waals surface area contributed by atoms with E-state index in [1.165, 1.54) is 17.0 Å². The van der Waals surface area contributed by atoms with Gasteiger partial charge in [0.15, 0.2) is 15.7 Å². The van der Waals surface area contributed by atoms with Gasteiger partial charge in [0, 0.05) is 6.26 Å². The number of fused-ring (bicyclic) bond motifs is 1. The summed E-state index contributed by atoms with van der Waals surface area (Å²) in [5.41, 5.74) is 6.71. The second-order valence-electron chi connectivity index (χ2n) is 3.98. The maximum absolute atomic E-state index is 11.4. The Morgan fingerprint density at radius 2 is 2.15 bits per heavy atom. The molecule has 0 atom stereocenters. The Morgan fingerprint density at radius 3 is 2.80 bits per heavy atom. The maximum Gasteiger partial charge on any atom is 0.192 e. The summed E-state index contributed by atoms with van der Waals surface area (Å²) in [5.74, 6) is 0.219. The van der Waals surface area contributed by atoms with Gasteiger partial charge in [0.2, 0.25) is 0 Å². The van der Waals surface area contributed by atoms with Crippen molar-refractivity contribution in [3.8, 4) is 0 Å². The molecule has 0 unspecified atom stereocenters. The number of aliphatic imine (C=N–C) groups is 1. The lowest BCUT2D eigenvalue weighted by molar-refractivity contribution is 0.607. The van der Waals surface area contributed by atoms with Crippen LogP contribution in [0, 0.1) is 0 Å². The highest BCUT2D eigenvalue weighted by Gasteiger charge is 2.12. The number of para-hydroxylation sites is 1. The van der Waals surface area contributed by atoms with Crippen molar-refractivity contribution >= 4 is 26.7 Å². The van der Waals surface area contributed by atoms with Crippen LogP contribution >= 0.6 is 0 Å². The molecule has 2 N–H and O–H groups in total. The van der Waals surface area contributed by atoms with Crippen molar-refractivity contribution in [2.75, 3.05) is 6.26 Å². The number of aromatic nitrogens is 3. The summed E-state index contributed by atoms with van der Waals surface area (Å²) in [4.78, 5) is 3.96. The van der Waals surface area contributed by atoms with Gasteiger partial charge < -0.3 is 5.73 Å². The molecule has 2 rings (SSSR count). The van der Waals surface area contributed by atoms with E-state index in [0.29, 0.717) is 11.0 Å². The van der Waals surface area contributed by atoms with E-state index < -0.39 is 9.84 Å². The normalized spacial score (nSPS) is 13.2. The summed E-state index contributed by atoms with van der Waals surface area (Å²) >= 11 is 0. The number of benzene rings is 1. The number of sulfone groups is 1. The zero-order valence-electron chi connectivity index (χ0n) is 10.8. The predicted molar refractivity (Wildman–Crippen MR) is 77.7 cm³/mol. The molecule has 0 fully saturated rings. The molecule has 0 saturated heterocycles. The van der Waals surface area contributed by atoms with Crippen molar-refractivity contribution in [3.05, 3.63) is 48.1 Å². The van der Waals surface area contributed by atoms with E-state index >= 15 is 0 Å². The van der Waals surface area contributed by atoms with Gasteiger partial charge in [-0.05, 0) is 24.4 Å². The maximum atomic E-state index is 11.4. The Balaban J connectivity index is 2.60. The summed E-state index contributed by atoms with van der Waals surface area (Å²) in [7, 11) is -3.48. The number of allylic oxidation sites excluding steroid dienone is 1. The first-order chi connectivity index (χ1) is 9.43. The number of nitrogens with zero attached hydrogens (tertiary/aromatic N) is 4. The third-order valence-electron chi connectivity index (χ3n) is 2.48. The highest BCUT2D eigenvalue weighted by molar-refractivity contribution is 7.94. The number of hydrogen-bond donors (Lipinski definition) is 1. The van der Waals surface area contributed by atoms with Crippen LogP contribution in [0.15, 0.2) is 53.1 Å². The summed E-state index contributed by atoms with van der Waals surface area (Å²) in [6.45, 7) is 3.43. The number of hydrogen-bond acceptors (Lipinski definition) is 6. The third-order valence-corrected chi connectivity index (χ3v) is 3.43. The van der Waals surface area contributed by atoms with E-state index in [4.69, 9.17) is 5.73 Å². The van der Waals surface area contributed by atoms with Gasteiger partial charge in [-0.1, -0.05) is 23.9 Å². The first kappa shape index (κ1) is 13.9. The molecule has 0 amide bonds. The first-order valence-electron chi connectivity index (χ1n) is 5.60. The average Bonchev–Trinajstić information content (AvgIpc) is 2.80. The lowest BCUT2D eigenvalue weighted by Crippen LogP contribution is -2.13. The van der Waals surface area contributed by atoms with Crippen LogP contribution in [-0.2, 0) is 9.84 Å². The molecular weight excluding hydrogens is 278 g/mol. The summed E-state index contributed by atoms with van der Waals surface area (Å²) < 4.78 is 24.2. The van der Waals surface area contributed by atoms with Crippen molar-refractivity contribution in [3.63, 3.8) is 0 Å². The van der Waals surface area contributed by atoms with E-state index in [1.807, 2.05) is 12.1 Å². The standard InChI is InChI=1S/C12H13N5O2S/c1-9(20(2,18)19)14-12(7-8-13)17-11-6-4-3-5-10(11)15-16-17/h3-8H,1,13H2,2H3/b8-7-,14-12+. The second kappa shape index (κ2) is 5.25. The van der Waals surface area contributed by atoms with E-state index in [1.54, 1.807) is 12.1 Å². The molecule has 0 saturated carbocycles. The van der Waals surface area contributed by atoms with Gasteiger partial charge in [-0.15, -0.1) is 5.10 Å². The zero-order valence-corrected chi connectivity index (χ0v) is 11.6. The Morgan fingerprint density at radius 1 is 1.45 bits per heavy atom. The molecule has 20 heavy (non-hydrogen) atoms. The largest absolute Gasteiger partial charge is 0.404 e. The minimum absolute atomic E-state index is 0.219. The van der Waals surface area contributed by atoms with E-state index in [9.17, 15) is 8.42 Å². The van der Waals surface area contributed by atoms with Crippen LogP contribution < -0.4 is 5.73 Å². The Hall–Kier alpha value is -2.48. The number of rotatable bonds is 3. The van der Waals surface area contributed by atoms with Crippen molar-refractivity contribution in [1.82, 2.24) is 15.0 Å². The van der Waals surface area contributed by atoms with Crippen LogP contribution in [0.5, 0.6) is 0 Å². The van der Waals surface area contributed by atoms with Crippen LogP contribution in [0.1, 0.15) is 0 Å². The molecule has 2 aromatic rings. The molecule has 0 aliphatic rings. The zero-order chi connectivity index (χ0) is 14.8.